The minimum absolute atomic E-state index is 0.0295. The molecule has 0 aliphatic heterocycles. The first-order valence-corrected chi connectivity index (χ1v) is 8.64. The Balaban J connectivity index is 1.98. The molecule has 0 radical (unpaired) electrons. The smallest absolute Gasteiger partial charge is 0.288 e. The van der Waals surface area contributed by atoms with Gasteiger partial charge in [0.2, 0.25) is 0 Å². The number of hydrazone groups is 1. The molecule has 1 N–H and O–H groups in total. The number of hydrogen-bond acceptors (Lipinski definition) is 5. The highest BCUT2D eigenvalue weighted by molar-refractivity contribution is 9.10. The van der Waals surface area contributed by atoms with E-state index in [4.69, 9.17) is 16.3 Å². The standard InChI is InChI=1S/C17H15BrClN3O4/c1-10-3-6-16(13(18)7-10)26-11(2)17(23)21-20-9-12-4-5-14(19)15(8-12)22(24)25/h3-9,11H,1-2H3,(H,21,23). The lowest BCUT2D eigenvalue weighted by Gasteiger charge is -2.14. The molecule has 2 aromatic rings. The Hall–Kier alpha value is -2.45. The van der Waals surface area contributed by atoms with Crippen LogP contribution in [0.25, 0.3) is 0 Å². The zero-order chi connectivity index (χ0) is 19.3. The minimum Gasteiger partial charge on any atom is -0.480 e. The van der Waals surface area contributed by atoms with E-state index in [1.807, 2.05) is 19.1 Å². The van der Waals surface area contributed by atoms with Crippen LogP contribution in [0.3, 0.4) is 0 Å². The molecule has 136 valence electrons. The summed E-state index contributed by atoms with van der Waals surface area (Å²) in [6.45, 7) is 3.53. The SMILES string of the molecule is Cc1ccc(OC(C)C(=O)NN=Cc2ccc(Cl)c([N+](=O)[O-])c2)c(Br)c1. The van der Waals surface area contributed by atoms with Crippen molar-refractivity contribution in [1.29, 1.82) is 0 Å². The summed E-state index contributed by atoms with van der Waals surface area (Å²) in [5, 5.41) is 14.7. The first-order valence-electron chi connectivity index (χ1n) is 7.47. The summed E-state index contributed by atoms with van der Waals surface area (Å²) in [5.74, 6) is 0.0766. The number of carbonyl (C=O) groups excluding carboxylic acids is 1. The van der Waals surface area contributed by atoms with E-state index in [0.717, 1.165) is 10.0 Å². The van der Waals surface area contributed by atoms with Gasteiger partial charge in [-0.2, -0.15) is 5.10 Å². The van der Waals surface area contributed by atoms with Crippen LogP contribution in [0.5, 0.6) is 5.75 Å². The summed E-state index contributed by atoms with van der Waals surface area (Å²) in [6.07, 6.45) is 0.501. The number of rotatable bonds is 6. The first kappa shape index (κ1) is 19.9. The molecule has 0 fully saturated rings. The van der Waals surface area contributed by atoms with Crippen LogP contribution in [0.1, 0.15) is 18.1 Å². The predicted octanol–water partition coefficient (Wildman–Crippen LogP) is 4.24. The fourth-order valence-electron chi connectivity index (χ4n) is 1.96. The number of ether oxygens (including phenoxy) is 1. The normalized spacial score (nSPS) is 12.0. The molecule has 2 rings (SSSR count). The van der Waals surface area contributed by atoms with Crippen molar-refractivity contribution in [1.82, 2.24) is 5.43 Å². The van der Waals surface area contributed by atoms with E-state index < -0.39 is 16.9 Å². The van der Waals surface area contributed by atoms with Gasteiger partial charge in [0.05, 0.1) is 15.6 Å². The number of carbonyl (C=O) groups is 1. The maximum Gasteiger partial charge on any atom is 0.288 e. The van der Waals surface area contributed by atoms with Gasteiger partial charge in [-0.3, -0.25) is 14.9 Å². The Morgan fingerprint density at radius 2 is 2.12 bits per heavy atom. The maximum absolute atomic E-state index is 12.1. The maximum atomic E-state index is 12.1. The molecule has 26 heavy (non-hydrogen) atoms. The number of halogens is 2. The van der Waals surface area contributed by atoms with Gasteiger partial charge < -0.3 is 4.74 Å². The monoisotopic (exact) mass is 439 g/mol. The van der Waals surface area contributed by atoms with Crippen LogP contribution in [0, 0.1) is 17.0 Å². The third-order valence-electron chi connectivity index (χ3n) is 3.32. The molecule has 1 atom stereocenters. The molecule has 0 bridgehead atoms. The number of hydrogen-bond donors (Lipinski definition) is 1. The zero-order valence-electron chi connectivity index (χ0n) is 13.9. The average molecular weight is 441 g/mol. The second-order valence-electron chi connectivity index (χ2n) is 5.40. The van der Waals surface area contributed by atoms with E-state index in [2.05, 4.69) is 26.5 Å². The van der Waals surface area contributed by atoms with Crippen molar-refractivity contribution in [2.75, 3.05) is 0 Å². The summed E-state index contributed by atoms with van der Waals surface area (Å²) >= 11 is 9.12. The van der Waals surface area contributed by atoms with Crippen LogP contribution in [-0.4, -0.2) is 23.1 Å². The van der Waals surface area contributed by atoms with Crippen LogP contribution in [0.15, 0.2) is 46.0 Å². The Morgan fingerprint density at radius 3 is 2.77 bits per heavy atom. The van der Waals surface area contributed by atoms with Gasteiger partial charge in [0.15, 0.2) is 6.10 Å². The number of benzene rings is 2. The molecule has 1 unspecified atom stereocenters. The third-order valence-corrected chi connectivity index (χ3v) is 4.25. The third kappa shape index (κ3) is 5.27. The van der Waals surface area contributed by atoms with Crippen molar-refractivity contribution >= 4 is 45.3 Å². The molecule has 0 heterocycles. The largest absolute Gasteiger partial charge is 0.480 e. The lowest BCUT2D eigenvalue weighted by molar-refractivity contribution is -0.384. The summed E-state index contributed by atoms with van der Waals surface area (Å²) in [7, 11) is 0. The summed E-state index contributed by atoms with van der Waals surface area (Å²) in [6, 6.07) is 9.72. The number of nitrogens with one attached hydrogen (secondary N) is 1. The van der Waals surface area contributed by atoms with Crippen LogP contribution in [-0.2, 0) is 4.79 Å². The van der Waals surface area contributed by atoms with Crippen LogP contribution in [0.2, 0.25) is 5.02 Å². The van der Waals surface area contributed by atoms with Crippen molar-refractivity contribution in [3.63, 3.8) is 0 Å². The van der Waals surface area contributed by atoms with E-state index in [-0.39, 0.29) is 10.7 Å². The van der Waals surface area contributed by atoms with Crippen LogP contribution in [0.4, 0.5) is 5.69 Å². The van der Waals surface area contributed by atoms with Crippen molar-refractivity contribution in [3.05, 3.63) is 67.1 Å². The quantitative estimate of drug-likeness (QED) is 0.413. The highest BCUT2D eigenvalue weighted by Gasteiger charge is 2.16. The number of nitrogens with zero attached hydrogens (tertiary/aromatic N) is 2. The van der Waals surface area contributed by atoms with E-state index >= 15 is 0 Å². The second-order valence-corrected chi connectivity index (χ2v) is 6.66. The predicted molar refractivity (Wildman–Crippen MR) is 103 cm³/mol. The average Bonchev–Trinajstić information content (AvgIpc) is 2.58. The molecule has 0 saturated carbocycles. The first-order chi connectivity index (χ1) is 12.3. The van der Waals surface area contributed by atoms with E-state index in [1.165, 1.54) is 18.3 Å². The number of nitro groups is 1. The molecule has 0 spiro atoms. The van der Waals surface area contributed by atoms with Crippen molar-refractivity contribution in [2.45, 2.75) is 20.0 Å². The van der Waals surface area contributed by atoms with E-state index in [0.29, 0.717) is 11.3 Å². The Bertz CT molecular complexity index is 873. The van der Waals surface area contributed by atoms with Gasteiger partial charge in [-0.05, 0) is 53.5 Å². The van der Waals surface area contributed by atoms with Gasteiger partial charge >= 0.3 is 0 Å². The molecular formula is C17H15BrClN3O4. The van der Waals surface area contributed by atoms with Gasteiger partial charge in [-0.1, -0.05) is 23.7 Å². The molecule has 7 nitrogen and oxygen atoms in total. The fraction of sp³-hybridized carbons (Fsp3) is 0.176. The van der Waals surface area contributed by atoms with Crippen LogP contribution < -0.4 is 10.2 Å². The van der Waals surface area contributed by atoms with E-state index in [9.17, 15) is 14.9 Å². The summed E-state index contributed by atoms with van der Waals surface area (Å²) in [5.41, 5.74) is 3.58. The topological polar surface area (TPSA) is 93.8 Å². The number of amides is 1. The Kier molecular flexibility index (Phi) is 6.70. The Morgan fingerprint density at radius 1 is 1.38 bits per heavy atom. The zero-order valence-corrected chi connectivity index (χ0v) is 16.2. The number of aryl methyl sites for hydroxylation is 1. The molecule has 2 aromatic carbocycles. The van der Waals surface area contributed by atoms with Gasteiger partial charge in [0, 0.05) is 11.6 Å². The van der Waals surface area contributed by atoms with Gasteiger partial charge in [-0.25, -0.2) is 5.43 Å². The molecule has 1 amide bonds. The minimum atomic E-state index is -0.786. The Labute approximate surface area is 163 Å². The van der Waals surface area contributed by atoms with Crippen molar-refractivity contribution in [2.24, 2.45) is 5.10 Å². The van der Waals surface area contributed by atoms with Crippen LogP contribution >= 0.6 is 27.5 Å². The van der Waals surface area contributed by atoms with Gasteiger partial charge in [-0.15, -0.1) is 0 Å². The number of nitro benzene ring substituents is 1. The lowest BCUT2D eigenvalue weighted by Crippen LogP contribution is -2.33. The molecule has 9 heteroatoms. The second kappa shape index (κ2) is 8.77. The van der Waals surface area contributed by atoms with Gasteiger partial charge in [0.25, 0.3) is 11.6 Å². The molecule has 0 saturated heterocycles. The fourth-order valence-corrected chi connectivity index (χ4v) is 2.73. The highest BCUT2D eigenvalue weighted by atomic mass is 79.9. The lowest BCUT2D eigenvalue weighted by atomic mass is 10.2. The molecule has 0 aliphatic carbocycles. The van der Waals surface area contributed by atoms with Gasteiger partial charge in [0.1, 0.15) is 10.8 Å². The molecule has 0 aromatic heterocycles. The van der Waals surface area contributed by atoms with Crippen molar-refractivity contribution in [3.8, 4) is 5.75 Å². The highest BCUT2D eigenvalue weighted by Crippen LogP contribution is 2.27. The summed E-state index contributed by atoms with van der Waals surface area (Å²) < 4.78 is 6.34. The van der Waals surface area contributed by atoms with Crippen molar-refractivity contribution < 1.29 is 14.5 Å². The molecular weight excluding hydrogens is 426 g/mol. The van der Waals surface area contributed by atoms with E-state index in [1.54, 1.807) is 19.1 Å². The molecule has 0 aliphatic rings. The summed E-state index contributed by atoms with van der Waals surface area (Å²) in [4.78, 5) is 22.3.